The maximum absolute atomic E-state index is 5.18. The molecule has 0 amide bonds. The summed E-state index contributed by atoms with van der Waals surface area (Å²) in [6, 6.07) is 41.6. The Morgan fingerprint density at radius 2 is 1.30 bits per heavy atom. The minimum Gasteiger partial charge on any atom is -0.342 e. The normalized spacial score (nSPS) is 12.5. The fraction of sp³-hybridized carbons (Fsp3) is 0.146. The maximum atomic E-state index is 5.18. The summed E-state index contributed by atoms with van der Waals surface area (Å²) in [5, 5.41) is 0. The second kappa shape index (κ2) is 12.5. The summed E-state index contributed by atoms with van der Waals surface area (Å²) in [4.78, 5) is 7.55. The Morgan fingerprint density at radius 1 is 0.698 bits per heavy atom. The smallest absolute Gasteiger partial charge is 0.0710 e. The monoisotopic (exact) mass is 558 g/mol. The van der Waals surface area contributed by atoms with E-state index >= 15 is 0 Å². The van der Waals surface area contributed by atoms with Gasteiger partial charge in [0.2, 0.25) is 0 Å². The first kappa shape index (κ1) is 28.2. The van der Waals surface area contributed by atoms with Gasteiger partial charge in [-0.15, -0.1) is 0 Å². The summed E-state index contributed by atoms with van der Waals surface area (Å²) in [5.74, 6) is 0.221. The molecule has 0 bridgehead atoms. The molecule has 0 fully saturated rings. The zero-order valence-corrected chi connectivity index (χ0v) is 25.5. The van der Waals surface area contributed by atoms with Gasteiger partial charge < -0.3 is 4.90 Å². The van der Waals surface area contributed by atoms with Crippen molar-refractivity contribution in [2.24, 2.45) is 0 Å². The number of benzene rings is 4. The minimum atomic E-state index is 0.221. The third-order valence-electron chi connectivity index (χ3n) is 8.23. The molecule has 212 valence electrons. The molecule has 2 nitrogen and oxygen atoms in total. The van der Waals surface area contributed by atoms with E-state index in [2.05, 4.69) is 165 Å². The molecule has 0 N–H and O–H groups in total. The van der Waals surface area contributed by atoms with Crippen molar-refractivity contribution in [3.8, 4) is 33.6 Å². The predicted octanol–water partition coefficient (Wildman–Crippen LogP) is 10.8. The molecular weight excluding hydrogens is 520 g/mol. The van der Waals surface area contributed by atoms with Crippen LogP contribution in [0.15, 0.2) is 151 Å². The largest absolute Gasteiger partial charge is 0.342 e. The van der Waals surface area contributed by atoms with Crippen molar-refractivity contribution in [1.82, 2.24) is 4.98 Å². The molecule has 2 heteroatoms. The molecule has 1 heterocycles. The number of likely N-dealkylation sites (N-methyl/N-ethyl adjacent to an activating group) is 1. The first-order chi connectivity index (χ1) is 21.1. The lowest BCUT2D eigenvalue weighted by molar-refractivity contribution is 0.960. The van der Waals surface area contributed by atoms with Gasteiger partial charge in [-0.2, -0.15) is 0 Å². The highest BCUT2D eigenvalue weighted by Gasteiger charge is 2.29. The molecule has 1 aliphatic carbocycles. The Balaban J connectivity index is 1.35. The second-order valence-electron chi connectivity index (χ2n) is 11.2. The molecule has 0 saturated heterocycles. The second-order valence-corrected chi connectivity index (χ2v) is 11.2. The molecule has 1 aliphatic rings. The van der Waals surface area contributed by atoms with Gasteiger partial charge in [-0.05, 0) is 91.9 Å². The number of nitrogens with zero attached hydrogens (tertiary/aromatic N) is 2. The van der Waals surface area contributed by atoms with Crippen molar-refractivity contribution in [2.75, 3.05) is 11.4 Å². The Kier molecular flexibility index (Phi) is 8.20. The van der Waals surface area contributed by atoms with Gasteiger partial charge in [0.25, 0.3) is 0 Å². The van der Waals surface area contributed by atoms with Crippen LogP contribution in [0.3, 0.4) is 0 Å². The molecule has 0 saturated carbocycles. The molecule has 43 heavy (non-hydrogen) atoms. The van der Waals surface area contributed by atoms with Gasteiger partial charge >= 0.3 is 0 Å². The third kappa shape index (κ3) is 5.61. The van der Waals surface area contributed by atoms with Crippen LogP contribution in [0.4, 0.5) is 5.69 Å². The number of pyridine rings is 1. The Labute approximate surface area is 256 Å². The zero-order chi connectivity index (χ0) is 29.8. The highest BCUT2D eigenvalue weighted by atomic mass is 15.1. The van der Waals surface area contributed by atoms with Crippen molar-refractivity contribution in [3.05, 3.63) is 168 Å². The predicted molar refractivity (Wildman–Crippen MR) is 183 cm³/mol. The summed E-state index contributed by atoms with van der Waals surface area (Å²) >= 11 is 0. The van der Waals surface area contributed by atoms with Crippen LogP contribution < -0.4 is 4.90 Å². The van der Waals surface area contributed by atoms with E-state index in [9.17, 15) is 0 Å². The average molecular weight is 559 g/mol. The van der Waals surface area contributed by atoms with Crippen LogP contribution in [0, 0.1) is 0 Å². The Hall–Kier alpha value is -4.95. The highest BCUT2D eigenvalue weighted by Crippen LogP contribution is 2.48. The summed E-state index contributed by atoms with van der Waals surface area (Å²) in [5.41, 5.74) is 14.6. The quantitative estimate of drug-likeness (QED) is 0.173. The molecule has 0 radical (unpaired) electrons. The first-order valence-electron chi connectivity index (χ1n) is 15.2. The summed E-state index contributed by atoms with van der Waals surface area (Å²) in [7, 11) is 0. The summed E-state index contributed by atoms with van der Waals surface area (Å²) < 4.78 is 0. The highest BCUT2D eigenvalue weighted by molar-refractivity contribution is 5.81. The Bertz CT molecular complexity index is 1810. The molecule has 0 aliphatic heterocycles. The van der Waals surface area contributed by atoms with E-state index in [0.717, 1.165) is 34.7 Å². The fourth-order valence-corrected chi connectivity index (χ4v) is 6.26. The summed E-state index contributed by atoms with van der Waals surface area (Å²) in [6.45, 7) is 9.45. The number of anilines is 1. The number of fused-ring (bicyclic) bond motifs is 3. The Morgan fingerprint density at radius 3 is 1.93 bits per heavy atom. The van der Waals surface area contributed by atoms with Crippen LogP contribution >= 0.6 is 0 Å². The van der Waals surface area contributed by atoms with Crippen LogP contribution in [0.1, 0.15) is 50.3 Å². The van der Waals surface area contributed by atoms with Crippen molar-refractivity contribution in [1.29, 1.82) is 0 Å². The lowest BCUT2D eigenvalue weighted by Crippen LogP contribution is -2.21. The van der Waals surface area contributed by atoms with E-state index in [-0.39, 0.29) is 5.92 Å². The van der Waals surface area contributed by atoms with Gasteiger partial charge in [0.1, 0.15) is 0 Å². The maximum Gasteiger partial charge on any atom is 0.0710 e. The summed E-state index contributed by atoms with van der Waals surface area (Å²) in [6.07, 6.45) is 8.42. The molecule has 5 aromatic rings. The van der Waals surface area contributed by atoms with E-state index in [0.29, 0.717) is 0 Å². The van der Waals surface area contributed by atoms with Gasteiger partial charge in [0, 0.05) is 35.0 Å². The third-order valence-corrected chi connectivity index (χ3v) is 8.23. The van der Waals surface area contributed by atoms with E-state index in [4.69, 9.17) is 4.98 Å². The van der Waals surface area contributed by atoms with E-state index < -0.39 is 0 Å². The van der Waals surface area contributed by atoms with Gasteiger partial charge in [-0.1, -0.05) is 109 Å². The van der Waals surface area contributed by atoms with Gasteiger partial charge in [-0.25, -0.2) is 4.98 Å². The van der Waals surface area contributed by atoms with Gasteiger partial charge in [0.15, 0.2) is 0 Å². The van der Waals surface area contributed by atoms with Crippen molar-refractivity contribution in [2.45, 2.75) is 33.6 Å². The van der Waals surface area contributed by atoms with Crippen molar-refractivity contribution < 1.29 is 0 Å². The fourth-order valence-electron chi connectivity index (χ4n) is 6.26. The first-order valence-corrected chi connectivity index (χ1v) is 15.2. The minimum absolute atomic E-state index is 0.221. The van der Waals surface area contributed by atoms with Crippen LogP contribution in [-0.4, -0.2) is 11.5 Å². The number of allylic oxidation sites excluding steroid dienone is 5. The molecule has 6 rings (SSSR count). The molecule has 0 atom stereocenters. The molecule has 0 spiro atoms. The topological polar surface area (TPSA) is 16.1 Å². The van der Waals surface area contributed by atoms with Gasteiger partial charge in [0.05, 0.1) is 11.4 Å². The van der Waals surface area contributed by atoms with E-state index in [1.54, 1.807) is 0 Å². The van der Waals surface area contributed by atoms with Gasteiger partial charge in [-0.3, -0.25) is 0 Å². The van der Waals surface area contributed by atoms with Crippen LogP contribution in [-0.2, 0) is 0 Å². The standard InChI is InChI=1S/C41H38N2/c1-5-7-8-26-40(29(3)4)43(6-2)33-19-14-17-31(28-33)39-25-15-24-38(42-39)30-16-13-18-32(27-30)41-36-22-11-9-20-34(36)35-21-10-12-23-37(35)41/h5,7-28,41H,6H2,1-4H3. The number of aromatic nitrogens is 1. The lowest BCUT2D eigenvalue weighted by atomic mass is 9.88. The zero-order valence-electron chi connectivity index (χ0n) is 25.5. The lowest BCUT2D eigenvalue weighted by Gasteiger charge is -2.26. The average Bonchev–Trinajstić information content (AvgIpc) is 3.39. The molecule has 0 unspecified atom stereocenters. The number of rotatable bonds is 8. The van der Waals surface area contributed by atoms with Crippen molar-refractivity contribution in [3.63, 3.8) is 0 Å². The van der Waals surface area contributed by atoms with Crippen LogP contribution in [0.2, 0.25) is 0 Å². The SMILES string of the molecule is CC=CC=CC(=C(C)C)N(CC)c1cccc(-c2cccc(-c3cccc(C4c5ccccc5-c5ccccc54)c3)n2)c1. The molecule has 4 aromatic carbocycles. The van der Waals surface area contributed by atoms with E-state index in [1.807, 2.05) is 6.92 Å². The van der Waals surface area contributed by atoms with Crippen molar-refractivity contribution >= 4 is 5.69 Å². The van der Waals surface area contributed by atoms with E-state index in [1.165, 1.54) is 39.1 Å². The number of hydrogen-bond donors (Lipinski definition) is 0. The van der Waals surface area contributed by atoms with Crippen LogP contribution in [0.5, 0.6) is 0 Å². The van der Waals surface area contributed by atoms with Crippen LogP contribution in [0.25, 0.3) is 33.6 Å². The molecular formula is C41H38N2. The molecule has 1 aromatic heterocycles. The number of hydrogen-bond acceptors (Lipinski definition) is 2.